The van der Waals surface area contributed by atoms with Crippen molar-refractivity contribution in [3.63, 3.8) is 0 Å². The number of hydrogen-bond donors (Lipinski definition) is 2. The van der Waals surface area contributed by atoms with E-state index in [2.05, 4.69) is 10.0 Å². The lowest BCUT2D eigenvalue weighted by atomic mass is 10.2. The number of rotatable bonds is 7. The van der Waals surface area contributed by atoms with Gasteiger partial charge >= 0.3 is 0 Å². The minimum atomic E-state index is -3.76. The smallest absolute Gasteiger partial charge is 0.240 e. The summed E-state index contributed by atoms with van der Waals surface area (Å²) in [6, 6.07) is 10.0. The summed E-state index contributed by atoms with van der Waals surface area (Å²) in [6.07, 6.45) is 2.50. The van der Waals surface area contributed by atoms with Gasteiger partial charge in [-0.3, -0.25) is 9.59 Å². The summed E-state index contributed by atoms with van der Waals surface area (Å²) in [6.45, 7) is 2.36. The molecule has 0 saturated heterocycles. The van der Waals surface area contributed by atoms with Crippen LogP contribution in [-0.4, -0.2) is 33.3 Å². The molecule has 2 aromatic rings. The third-order valence-corrected chi connectivity index (χ3v) is 7.50. The molecule has 1 fully saturated rings. The standard InChI is InChI=1S/C22H24ClN3O4S/c1-14-18(23)3-2-4-19(14)25-21(27)9-11-24-31(29,30)17-7-8-20-16(13-17)10-12-26(20)22(28)15-5-6-15/h2-4,7-8,13,15,24H,5-6,9-12H2,1H3,(H,25,27). The second-order valence-electron chi connectivity index (χ2n) is 7.91. The summed E-state index contributed by atoms with van der Waals surface area (Å²) in [7, 11) is -3.76. The van der Waals surface area contributed by atoms with E-state index in [9.17, 15) is 18.0 Å². The van der Waals surface area contributed by atoms with Gasteiger partial charge in [-0.15, -0.1) is 0 Å². The second kappa shape index (κ2) is 8.61. The number of sulfonamides is 1. The van der Waals surface area contributed by atoms with Crippen LogP contribution in [0.1, 0.15) is 30.4 Å². The largest absolute Gasteiger partial charge is 0.326 e. The Morgan fingerprint density at radius 3 is 2.71 bits per heavy atom. The van der Waals surface area contributed by atoms with Crippen LogP contribution in [0.3, 0.4) is 0 Å². The van der Waals surface area contributed by atoms with Crippen LogP contribution in [0.2, 0.25) is 5.02 Å². The highest BCUT2D eigenvalue weighted by atomic mass is 35.5. The predicted molar refractivity (Wildman–Crippen MR) is 120 cm³/mol. The van der Waals surface area contributed by atoms with E-state index in [0.29, 0.717) is 23.7 Å². The highest BCUT2D eigenvalue weighted by molar-refractivity contribution is 7.89. The first kappa shape index (κ1) is 21.8. The van der Waals surface area contributed by atoms with Crippen molar-refractivity contribution in [2.45, 2.75) is 37.5 Å². The minimum absolute atomic E-state index is 0.0141. The Labute approximate surface area is 186 Å². The van der Waals surface area contributed by atoms with Gasteiger partial charge in [0.25, 0.3) is 0 Å². The van der Waals surface area contributed by atoms with Gasteiger partial charge in [0.1, 0.15) is 0 Å². The average Bonchev–Trinajstić information content (AvgIpc) is 3.49. The minimum Gasteiger partial charge on any atom is -0.326 e. The maximum atomic E-state index is 12.7. The van der Waals surface area contributed by atoms with Crippen molar-refractivity contribution >= 4 is 44.8 Å². The van der Waals surface area contributed by atoms with Crippen LogP contribution >= 0.6 is 11.6 Å². The lowest BCUT2D eigenvalue weighted by Crippen LogP contribution is -2.30. The Morgan fingerprint density at radius 1 is 1.19 bits per heavy atom. The fourth-order valence-corrected chi connectivity index (χ4v) is 4.92. The molecule has 4 rings (SSSR count). The molecule has 0 aromatic heterocycles. The molecule has 0 atom stereocenters. The SMILES string of the molecule is Cc1c(Cl)cccc1NC(=O)CCNS(=O)(=O)c1ccc2c(c1)CCN2C(=O)C1CC1. The van der Waals surface area contributed by atoms with Crippen molar-refractivity contribution < 1.29 is 18.0 Å². The van der Waals surface area contributed by atoms with Gasteiger partial charge < -0.3 is 10.2 Å². The number of nitrogens with zero attached hydrogens (tertiary/aromatic N) is 1. The molecule has 1 saturated carbocycles. The molecular weight excluding hydrogens is 438 g/mol. The molecule has 31 heavy (non-hydrogen) atoms. The summed E-state index contributed by atoms with van der Waals surface area (Å²) in [5, 5.41) is 3.29. The van der Waals surface area contributed by atoms with Crippen LogP contribution in [0, 0.1) is 12.8 Å². The van der Waals surface area contributed by atoms with E-state index in [0.717, 1.165) is 29.7 Å². The van der Waals surface area contributed by atoms with E-state index < -0.39 is 10.0 Å². The topological polar surface area (TPSA) is 95.6 Å². The molecule has 2 N–H and O–H groups in total. The first-order chi connectivity index (χ1) is 14.8. The molecule has 164 valence electrons. The Balaban J connectivity index is 1.35. The van der Waals surface area contributed by atoms with E-state index in [4.69, 9.17) is 11.6 Å². The number of halogens is 1. The van der Waals surface area contributed by atoms with E-state index in [-0.39, 0.29) is 35.6 Å². The van der Waals surface area contributed by atoms with Crippen molar-refractivity contribution in [2.75, 3.05) is 23.3 Å². The number of amides is 2. The maximum absolute atomic E-state index is 12.7. The van der Waals surface area contributed by atoms with Crippen LogP contribution in [-0.2, 0) is 26.0 Å². The molecule has 2 amide bonds. The van der Waals surface area contributed by atoms with Crippen molar-refractivity contribution in [1.29, 1.82) is 0 Å². The number of nitrogens with one attached hydrogen (secondary N) is 2. The first-order valence-corrected chi connectivity index (χ1v) is 12.1. The second-order valence-corrected chi connectivity index (χ2v) is 10.1. The van der Waals surface area contributed by atoms with Crippen LogP contribution in [0.5, 0.6) is 0 Å². The quantitative estimate of drug-likeness (QED) is 0.661. The maximum Gasteiger partial charge on any atom is 0.240 e. The molecule has 9 heteroatoms. The fourth-order valence-electron chi connectivity index (χ4n) is 3.66. The van der Waals surface area contributed by atoms with Crippen LogP contribution in [0.25, 0.3) is 0 Å². The predicted octanol–water partition coefficient (Wildman–Crippen LogP) is 3.25. The monoisotopic (exact) mass is 461 g/mol. The molecule has 0 unspecified atom stereocenters. The van der Waals surface area contributed by atoms with Crippen LogP contribution < -0.4 is 14.9 Å². The Bertz CT molecular complexity index is 1150. The number of benzene rings is 2. The lowest BCUT2D eigenvalue weighted by Gasteiger charge is -2.17. The molecule has 2 aliphatic rings. The van der Waals surface area contributed by atoms with E-state index in [1.54, 1.807) is 42.2 Å². The number of carbonyl (C=O) groups is 2. The van der Waals surface area contributed by atoms with E-state index in [1.165, 1.54) is 6.07 Å². The average molecular weight is 462 g/mol. The van der Waals surface area contributed by atoms with Crippen LogP contribution in [0.4, 0.5) is 11.4 Å². The zero-order valence-corrected chi connectivity index (χ0v) is 18.7. The van der Waals surface area contributed by atoms with E-state index >= 15 is 0 Å². The third kappa shape index (κ3) is 4.76. The first-order valence-electron chi connectivity index (χ1n) is 10.3. The van der Waals surface area contributed by atoms with Crippen molar-refractivity contribution in [1.82, 2.24) is 4.72 Å². The van der Waals surface area contributed by atoms with Gasteiger partial charge in [-0.25, -0.2) is 13.1 Å². The fraction of sp³-hybridized carbons (Fsp3) is 0.364. The summed E-state index contributed by atoms with van der Waals surface area (Å²) in [5.74, 6) is -0.0532. The number of carbonyl (C=O) groups excluding carboxylic acids is 2. The van der Waals surface area contributed by atoms with Gasteiger partial charge in [0, 0.05) is 41.8 Å². The molecule has 1 aliphatic carbocycles. The van der Waals surface area contributed by atoms with Gasteiger partial charge in [0.2, 0.25) is 21.8 Å². The number of fused-ring (bicyclic) bond motifs is 1. The zero-order chi connectivity index (χ0) is 22.2. The molecule has 2 aromatic carbocycles. The molecule has 0 bridgehead atoms. The Hall–Kier alpha value is -2.42. The summed E-state index contributed by atoms with van der Waals surface area (Å²) < 4.78 is 27.8. The number of anilines is 2. The molecule has 0 radical (unpaired) electrons. The van der Waals surface area contributed by atoms with Gasteiger partial charge in [0.05, 0.1) is 4.90 Å². The van der Waals surface area contributed by atoms with Gasteiger partial charge in [-0.05, 0) is 67.6 Å². The van der Waals surface area contributed by atoms with Gasteiger partial charge in [-0.1, -0.05) is 17.7 Å². The van der Waals surface area contributed by atoms with Crippen LogP contribution in [0.15, 0.2) is 41.3 Å². The normalized spacial score (nSPS) is 15.6. The highest BCUT2D eigenvalue weighted by Crippen LogP contribution is 2.37. The lowest BCUT2D eigenvalue weighted by molar-refractivity contribution is -0.119. The molecule has 1 heterocycles. The van der Waals surface area contributed by atoms with Crippen molar-refractivity contribution in [2.24, 2.45) is 5.92 Å². The summed E-state index contributed by atoms with van der Waals surface area (Å²) in [5.41, 5.74) is 3.01. The van der Waals surface area contributed by atoms with E-state index in [1.807, 2.05) is 0 Å². The Morgan fingerprint density at radius 2 is 1.97 bits per heavy atom. The molecular formula is C22H24ClN3O4S. The third-order valence-electron chi connectivity index (χ3n) is 5.64. The highest BCUT2D eigenvalue weighted by Gasteiger charge is 2.36. The van der Waals surface area contributed by atoms with Crippen molar-refractivity contribution in [3.05, 3.63) is 52.5 Å². The number of hydrogen-bond acceptors (Lipinski definition) is 4. The summed E-state index contributed by atoms with van der Waals surface area (Å²) >= 11 is 6.05. The molecule has 1 aliphatic heterocycles. The van der Waals surface area contributed by atoms with Gasteiger partial charge in [-0.2, -0.15) is 0 Å². The Kier molecular flexibility index (Phi) is 6.05. The molecule has 0 spiro atoms. The zero-order valence-electron chi connectivity index (χ0n) is 17.2. The van der Waals surface area contributed by atoms with Crippen molar-refractivity contribution in [3.8, 4) is 0 Å². The molecule has 7 nitrogen and oxygen atoms in total. The summed E-state index contributed by atoms with van der Waals surface area (Å²) in [4.78, 5) is 26.5. The van der Waals surface area contributed by atoms with Gasteiger partial charge in [0.15, 0.2) is 0 Å².